The third-order valence-electron chi connectivity index (χ3n) is 3.17. The van der Waals surface area contributed by atoms with Crippen molar-refractivity contribution in [3.05, 3.63) is 29.6 Å². The Hall–Kier alpha value is -2.08. The van der Waals surface area contributed by atoms with Gasteiger partial charge in [-0.3, -0.25) is 4.79 Å². The number of urea groups is 1. The molecule has 1 heterocycles. The molecule has 2 aromatic rings. The number of aliphatic carboxylic acids is 1. The molecule has 5 nitrogen and oxygen atoms in total. The van der Waals surface area contributed by atoms with Crippen molar-refractivity contribution in [1.82, 2.24) is 5.32 Å². The van der Waals surface area contributed by atoms with Gasteiger partial charge in [0.25, 0.3) is 0 Å². The van der Waals surface area contributed by atoms with Crippen molar-refractivity contribution in [3.8, 4) is 0 Å². The first-order chi connectivity index (χ1) is 10.0. The third kappa shape index (κ3) is 4.75. The molecule has 0 spiro atoms. The number of thiophene rings is 1. The molecular weight excluding hydrogens is 288 g/mol. The molecule has 0 aliphatic heterocycles. The highest BCUT2D eigenvalue weighted by molar-refractivity contribution is 7.17. The SMILES string of the molecule is CC(CCC(=O)O)CNC(=O)Nc1ccc2sccc2c1. The first-order valence-electron chi connectivity index (χ1n) is 6.78. The van der Waals surface area contributed by atoms with Gasteiger partial charge >= 0.3 is 12.0 Å². The Morgan fingerprint density at radius 1 is 1.33 bits per heavy atom. The Balaban J connectivity index is 1.79. The molecule has 1 unspecified atom stereocenters. The van der Waals surface area contributed by atoms with Gasteiger partial charge in [0.2, 0.25) is 0 Å². The second kappa shape index (κ2) is 7.08. The van der Waals surface area contributed by atoms with E-state index >= 15 is 0 Å². The molecule has 0 radical (unpaired) electrons. The third-order valence-corrected chi connectivity index (χ3v) is 4.07. The summed E-state index contributed by atoms with van der Waals surface area (Å²) in [6, 6.07) is 7.51. The Morgan fingerprint density at radius 2 is 2.14 bits per heavy atom. The summed E-state index contributed by atoms with van der Waals surface area (Å²) in [5.74, 6) is -0.679. The van der Waals surface area contributed by atoms with E-state index in [9.17, 15) is 9.59 Å². The Kier molecular flexibility index (Phi) is 5.16. The lowest BCUT2D eigenvalue weighted by atomic mass is 10.1. The fourth-order valence-electron chi connectivity index (χ4n) is 1.96. The average molecular weight is 306 g/mol. The topological polar surface area (TPSA) is 78.4 Å². The van der Waals surface area contributed by atoms with Gasteiger partial charge in [-0.25, -0.2) is 4.79 Å². The second-order valence-corrected chi connectivity index (χ2v) is 5.99. The summed E-state index contributed by atoms with van der Waals surface area (Å²) in [6.07, 6.45) is 0.676. The summed E-state index contributed by atoms with van der Waals surface area (Å²) < 4.78 is 1.18. The number of anilines is 1. The van der Waals surface area contributed by atoms with Crippen LogP contribution in [0.25, 0.3) is 10.1 Å². The lowest BCUT2D eigenvalue weighted by Gasteiger charge is -2.12. The van der Waals surface area contributed by atoms with Crippen LogP contribution in [0, 0.1) is 5.92 Å². The Bertz CT molecular complexity index is 639. The van der Waals surface area contributed by atoms with Gasteiger partial charge in [-0.05, 0) is 47.4 Å². The minimum absolute atomic E-state index is 0.124. The van der Waals surface area contributed by atoms with E-state index in [1.807, 2.05) is 36.6 Å². The zero-order valence-electron chi connectivity index (χ0n) is 11.8. The number of carboxylic acid groups (broad SMARTS) is 1. The van der Waals surface area contributed by atoms with E-state index in [1.165, 1.54) is 4.70 Å². The maximum absolute atomic E-state index is 11.8. The predicted octanol–water partition coefficient (Wildman–Crippen LogP) is 3.52. The van der Waals surface area contributed by atoms with Crippen molar-refractivity contribution in [2.45, 2.75) is 19.8 Å². The van der Waals surface area contributed by atoms with Gasteiger partial charge in [0.15, 0.2) is 0 Å². The van der Waals surface area contributed by atoms with Gasteiger partial charge in [-0.15, -0.1) is 11.3 Å². The summed E-state index contributed by atoms with van der Waals surface area (Å²) in [6.45, 7) is 2.38. The van der Waals surface area contributed by atoms with Crippen LogP contribution in [0.5, 0.6) is 0 Å². The van der Waals surface area contributed by atoms with E-state index in [4.69, 9.17) is 5.11 Å². The van der Waals surface area contributed by atoms with Crippen molar-refractivity contribution in [1.29, 1.82) is 0 Å². The minimum atomic E-state index is -0.810. The molecule has 2 rings (SSSR count). The number of benzene rings is 1. The van der Waals surface area contributed by atoms with Gasteiger partial charge in [-0.2, -0.15) is 0 Å². The van der Waals surface area contributed by atoms with Crippen LogP contribution < -0.4 is 10.6 Å². The van der Waals surface area contributed by atoms with E-state index < -0.39 is 5.97 Å². The summed E-state index contributed by atoms with van der Waals surface area (Å²) in [7, 11) is 0. The van der Waals surface area contributed by atoms with Crippen LogP contribution in [0.4, 0.5) is 10.5 Å². The van der Waals surface area contributed by atoms with Gasteiger partial charge in [0.05, 0.1) is 0 Å². The molecule has 2 amide bonds. The molecule has 0 aliphatic rings. The minimum Gasteiger partial charge on any atom is -0.481 e. The molecule has 1 aromatic heterocycles. The quantitative estimate of drug-likeness (QED) is 0.764. The largest absolute Gasteiger partial charge is 0.481 e. The number of amides is 2. The lowest BCUT2D eigenvalue weighted by molar-refractivity contribution is -0.137. The maximum Gasteiger partial charge on any atom is 0.319 e. The number of carbonyl (C=O) groups is 2. The first kappa shape index (κ1) is 15.3. The van der Waals surface area contributed by atoms with Crippen LogP contribution in [-0.4, -0.2) is 23.7 Å². The van der Waals surface area contributed by atoms with Gasteiger partial charge < -0.3 is 15.7 Å². The molecule has 0 bridgehead atoms. The number of hydrogen-bond acceptors (Lipinski definition) is 3. The number of carboxylic acids is 1. The number of nitrogens with one attached hydrogen (secondary N) is 2. The summed E-state index contributed by atoms with van der Waals surface area (Å²) in [5.41, 5.74) is 0.747. The highest BCUT2D eigenvalue weighted by Gasteiger charge is 2.08. The standard InChI is InChI=1S/C15H18N2O3S/c1-10(2-5-14(18)19)9-16-15(20)17-12-3-4-13-11(8-12)6-7-21-13/h3-4,6-8,10H,2,5,9H2,1H3,(H,18,19)(H2,16,17,20). The molecule has 0 fully saturated rings. The molecule has 0 saturated heterocycles. The Morgan fingerprint density at radius 3 is 2.90 bits per heavy atom. The average Bonchev–Trinajstić information content (AvgIpc) is 2.90. The van der Waals surface area contributed by atoms with Crippen molar-refractivity contribution in [3.63, 3.8) is 0 Å². The lowest BCUT2D eigenvalue weighted by Crippen LogP contribution is -2.32. The summed E-state index contributed by atoms with van der Waals surface area (Å²) >= 11 is 1.66. The Labute approximate surface area is 127 Å². The maximum atomic E-state index is 11.8. The van der Waals surface area contributed by atoms with Crippen LogP contribution in [0.1, 0.15) is 19.8 Å². The smallest absolute Gasteiger partial charge is 0.319 e. The molecule has 3 N–H and O–H groups in total. The molecule has 112 valence electrons. The molecular formula is C15H18N2O3S. The van der Waals surface area contributed by atoms with Crippen molar-refractivity contribution < 1.29 is 14.7 Å². The van der Waals surface area contributed by atoms with Crippen LogP contribution in [-0.2, 0) is 4.79 Å². The number of carbonyl (C=O) groups excluding carboxylic acids is 1. The zero-order valence-corrected chi connectivity index (χ0v) is 12.6. The van der Waals surface area contributed by atoms with E-state index in [1.54, 1.807) is 11.3 Å². The normalized spacial score (nSPS) is 12.0. The predicted molar refractivity (Wildman–Crippen MR) is 84.9 cm³/mol. The van der Waals surface area contributed by atoms with Gasteiger partial charge in [-0.1, -0.05) is 6.92 Å². The van der Waals surface area contributed by atoms with Crippen LogP contribution >= 0.6 is 11.3 Å². The molecule has 1 atom stereocenters. The number of rotatable bonds is 6. The number of fused-ring (bicyclic) bond motifs is 1. The van der Waals surface area contributed by atoms with Crippen LogP contribution in [0.15, 0.2) is 29.6 Å². The van der Waals surface area contributed by atoms with E-state index in [2.05, 4.69) is 10.6 Å². The van der Waals surface area contributed by atoms with Gasteiger partial charge in [0, 0.05) is 23.4 Å². The summed E-state index contributed by atoms with van der Waals surface area (Å²) in [5, 5.41) is 17.3. The summed E-state index contributed by atoms with van der Waals surface area (Å²) in [4.78, 5) is 22.3. The fraction of sp³-hybridized carbons (Fsp3) is 0.333. The highest BCUT2D eigenvalue weighted by atomic mass is 32.1. The van der Waals surface area contributed by atoms with Gasteiger partial charge in [0.1, 0.15) is 0 Å². The van der Waals surface area contributed by atoms with Crippen LogP contribution in [0.2, 0.25) is 0 Å². The van der Waals surface area contributed by atoms with E-state index in [-0.39, 0.29) is 18.4 Å². The van der Waals surface area contributed by atoms with Crippen molar-refractivity contribution in [2.75, 3.05) is 11.9 Å². The fourth-order valence-corrected chi connectivity index (χ4v) is 2.73. The molecule has 1 aromatic carbocycles. The van der Waals surface area contributed by atoms with Crippen molar-refractivity contribution in [2.24, 2.45) is 5.92 Å². The zero-order chi connectivity index (χ0) is 15.2. The second-order valence-electron chi connectivity index (χ2n) is 5.05. The van der Waals surface area contributed by atoms with E-state index in [0.29, 0.717) is 13.0 Å². The highest BCUT2D eigenvalue weighted by Crippen LogP contribution is 2.23. The van der Waals surface area contributed by atoms with Crippen LogP contribution in [0.3, 0.4) is 0 Å². The number of hydrogen-bond donors (Lipinski definition) is 3. The van der Waals surface area contributed by atoms with Crippen molar-refractivity contribution >= 4 is 39.1 Å². The van der Waals surface area contributed by atoms with E-state index in [0.717, 1.165) is 11.1 Å². The molecule has 21 heavy (non-hydrogen) atoms. The monoisotopic (exact) mass is 306 g/mol. The molecule has 6 heteroatoms. The molecule has 0 aliphatic carbocycles. The molecule has 0 saturated carbocycles. The first-order valence-corrected chi connectivity index (χ1v) is 7.66.